The van der Waals surface area contributed by atoms with Crippen molar-refractivity contribution in [2.45, 2.75) is 32.4 Å². The molecule has 2 aromatic rings. The van der Waals surface area contributed by atoms with Crippen molar-refractivity contribution in [3.63, 3.8) is 0 Å². The molecule has 1 aromatic heterocycles. The van der Waals surface area contributed by atoms with Crippen LogP contribution in [0.1, 0.15) is 29.4 Å². The van der Waals surface area contributed by atoms with Crippen LogP contribution in [0, 0.1) is 19.7 Å². The number of anilines is 1. The predicted molar refractivity (Wildman–Crippen MR) is 78.6 cm³/mol. The fourth-order valence-electron chi connectivity index (χ4n) is 2.90. The quantitative estimate of drug-likeness (QED) is 0.922. The molecule has 1 aliphatic rings. The zero-order chi connectivity index (χ0) is 15.0. The highest BCUT2D eigenvalue weighted by Crippen LogP contribution is 2.35. The highest BCUT2D eigenvalue weighted by atomic mass is 19.1. The second-order valence-electron chi connectivity index (χ2n) is 5.56. The highest BCUT2D eigenvalue weighted by molar-refractivity contribution is 5.40. The first-order valence-corrected chi connectivity index (χ1v) is 7.05. The average molecular weight is 287 g/mol. The molecule has 1 saturated heterocycles. The predicted octanol–water partition coefficient (Wildman–Crippen LogP) is 2.54. The smallest absolute Gasteiger partial charge is 0.226 e. The first kappa shape index (κ1) is 13.9. The molecule has 2 heterocycles. The largest absolute Gasteiger partial charge is 0.391 e. The molecule has 0 unspecified atom stereocenters. The van der Waals surface area contributed by atoms with Crippen LogP contribution in [0.3, 0.4) is 0 Å². The van der Waals surface area contributed by atoms with Crippen LogP contribution < -0.4 is 4.90 Å². The molecule has 110 valence electrons. The van der Waals surface area contributed by atoms with Crippen LogP contribution >= 0.6 is 0 Å². The van der Waals surface area contributed by atoms with Crippen molar-refractivity contribution in [1.82, 2.24) is 9.97 Å². The second-order valence-corrected chi connectivity index (χ2v) is 5.56. The Balaban J connectivity index is 1.99. The van der Waals surface area contributed by atoms with E-state index in [1.807, 2.05) is 30.9 Å². The van der Waals surface area contributed by atoms with E-state index in [-0.39, 0.29) is 11.9 Å². The van der Waals surface area contributed by atoms with Crippen LogP contribution in [0.2, 0.25) is 0 Å². The molecule has 0 spiro atoms. The number of halogens is 1. The molecule has 1 aromatic carbocycles. The lowest BCUT2D eigenvalue weighted by Gasteiger charge is -2.25. The Morgan fingerprint density at radius 1 is 1.19 bits per heavy atom. The Kier molecular flexibility index (Phi) is 3.59. The normalized spacial score (nSPS) is 21.8. The summed E-state index contributed by atoms with van der Waals surface area (Å²) in [5, 5.41) is 10.0. The summed E-state index contributed by atoms with van der Waals surface area (Å²) in [4.78, 5) is 10.9. The van der Waals surface area contributed by atoms with Crippen molar-refractivity contribution in [1.29, 1.82) is 0 Å². The molecule has 1 aliphatic heterocycles. The number of β-amino-alcohol motifs (C(OH)–C–C–N with tert-alkyl or cyclic N) is 1. The van der Waals surface area contributed by atoms with Gasteiger partial charge in [0.25, 0.3) is 0 Å². The summed E-state index contributed by atoms with van der Waals surface area (Å²) in [6.07, 6.45) is 0.0995. The van der Waals surface area contributed by atoms with Crippen LogP contribution in [0.25, 0.3) is 0 Å². The Morgan fingerprint density at radius 2 is 1.90 bits per heavy atom. The molecule has 0 aliphatic carbocycles. The first-order chi connectivity index (χ1) is 10.0. The molecule has 0 radical (unpaired) electrons. The van der Waals surface area contributed by atoms with Crippen molar-refractivity contribution >= 4 is 5.95 Å². The molecule has 0 bridgehead atoms. The van der Waals surface area contributed by atoms with Crippen molar-refractivity contribution in [3.05, 3.63) is 53.1 Å². The number of nitrogens with zero attached hydrogens (tertiary/aromatic N) is 3. The lowest BCUT2D eigenvalue weighted by Crippen LogP contribution is -2.26. The third-order valence-electron chi connectivity index (χ3n) is 3.74. The van der Waals surface area contributed by atoms with Gasteiger partial charge in [0.15, 0.2) is 0 Å². The monoisotopic (exact) mass is 287 g/mol. The summed E-state index contributed by atoms with van der Waals surface area (Å²) in [5.74, 6) is 0.327. The SMILES string of the molecule is Cc1cc(C)nc(N2C[C@@H](O)C[C@@H]2c2cccc(F)c2)n1. The summed E-state index contributed by atoms with van der Waals surface area (Å²) in [5.41, 5.74) is 2.61. The average Bonchev–Trinajstić information content (AvgIpc) is 2.80. The van der Waals surface area contributed by atoms with Gasteiger partial charge in [-0.2, -0.15) is 0 Å². The third kappa shape index (κ3) is 2.88. The minimum Gasteiger partial charge on any atom is -0.391 e. The van der Waals surface area contributed by atoms with E-state index in [4.69, 9.17) is 0 Å². The van der Waals surface area contributed by atoms with Gasteiger partial charge in [0.1, 0.15) is 5.82 Å². The van der Waals surface area contributed by atoms with Gasteiger partial charge in [-0.1, -0.05) is 12.1 Å². The van der Waals surface area contributed by atoms with E-state index in [2.05, 4.69) is 9.97 Å². The van der Waals surface area contributed by atoms with E-state index in [9.17, 15) is 9.50 Å². The van der Waals surface area contributed by atoms with Crippen LogP contribution in [0.15, 0.2) is 30.3 Å². The van der Waals surface area contributed by atoms with Crippen molar-refractivity contribution in [2.24, 2.45) is 0 Å². The number of hydrogen-bond acceptors (Lipinski definition) is 4. The molecule has 1 N–H and O–H groups in total. The molecule has 1 fully saturated rings. The third-order valence-corrected chi connectivity index (χ3v) is 3.74. The zero-order valence-corrected chi connectivity index (χ0v) is 12.1. The summed E-state index contributed by atoms with van der Waals surface area (Å²) < 4.78 is 13.5. The molecule has 4 nitrogen and oxygen atoms in total. The second kappa shape index (κ2) is 5.41. The summed E-state index contributed by atoms with van der Waals surface area (Å²) in [7, 11) is 0. The summed E-state index contributed by atoms with van der Waals surface area (Å²) >= 11 is 0. The Bertz CT molecular complexity index is 641. The van der Waals surface area contributed by atoms with Gasteiger partial charge >= 0.3 is 0 Å². The Morgan fingerprint density at radius 3 is 2.57 bits per heavy atom. The van der Waals surface area contributed by atoms with Gasteiger partial charge in [0, 0.05) is 17.9 Å². The lowest BCUT2D eigenvalue weighted by molar-refractivity contribution is 0.194. The number of rotatable bonds is 2. The van der Waals surface area contributed by atoms with E-state index < -0.39 is 6.10 Å². The topological polar surface area (TPSA) is 49.2 Å². The van der Waals surface area contributed by atoms with E-state index in [0.29, 0.717) is 18.9 Å². The van der Waals surface area contributed by atoms with Crippen LogP contribution in [-0.4, -0.2) is 27.7 Å². The maximum absolute atomic E-state index is 13.5. The van der Waals surface area contributed by atoms with Gasteiger partial charge in [0.05, 0.1) is 12.1 Å². The van der Waals surface area contributed by atoms with Gasteiger partial charge < -0.3 is 10.0 Å². The molecule has 21 heavy (non-hydrogen) atoms. The van der Waals surface area contributed by atoms with E-state index >= 15 is 0 Å². The van der Waals surface area contributed by atoms with Crippen LogP contribution in [-0.2, 0) is 0 Å². The van der Waals surface area contributed by atoms with Crippen LogP contribution in [0.5, 0.6) is 0 Å². The first-order valence-electron chi connectivity index (χ1n) is 7.05. The van der Waals surface area contributed by atoms with Crippen molar-refractivity contribution in [2.75, 3.05) is 11.4 Å². The molecular formula is C16H18FN3O. The van der Waals surface area contributed by atoms with E-state index in [1.165, 1.54) is 12.1 Å². The molecule has 0 amide bonds. The molecular weight excluding hydrogens is 269 g/mol. The van der Waals surface area contributed by atoms with E-state index in [0.717, 1.165) is 17.0 Å². The van der Waals surface area contributed by atoms with Gasteiger partial charge in [-0.3, -0.25) is 0 Å². The van der Waals surface area contributed by atoms with Gasteiger partial charge in [-0.25, -0.2) is 14.4 Å². The lowest BCUT2D eigenvalue weighted by atomic mass is 10.0. The summed E-state index contributed by atoms with van der Waals surface area (Å²) in [6, 6.07) is 8.31. The summed E-state index contributed by atoms with van der Waals surface area (Å²) in [6.45, 7) is 4.30. The number of aliphatic hydroxyl groups excluding tert-OH is 1. The Labute approximate surface area is 123 Å². The fraction of sp³-hybridized carbons (Fsp3) is 0.375. The minimum atomic E-state index is -0.456. The minimum absolute atomic E-state index is 0.100. The van der Waals surface area contributed by atoms with Crippen LogP contribution in [0.4, 0.5) is 10.3 Å². The maximum atomic E-state index is 13.5. The molecule has 0 saturated carbocycles. The van der Waals surface area contributed by atoms with Crippen molar-refractivity contribution < 1.29 is 9.50 Å². The number of aromatic nitrogens is 2. The zero-order valence-electron chi connectivity index (χ0n) is 12.1. The standard InChI is InChI=1S/C16H18FN3O/c1-10-6-11(2)19-16(18-10)20-9-14(21)8-15(20)12-4-3-5-13(17)7-12/h3-7,14-15,21H,8-9H2,1-2H3/t14-,15+/m0/s1. The number of aryl methyl sites for hydroxylation is 2. The molecule has 3 rings (SSSR count). The maximum Gasteiger partial charge on any atom is 0.226 e. The van der Waals surface area contributed by atoms with Gasteiger partial charge in [-0.15, -0.1) is 0 Å². The number of hydrogen-bond donors (Lipinski definition) is 1. The van der Waals surface area contributed by atoms with Crippen molar-refractivity contribution in [3.8, 4) is 0 Å². The fourth-order valence-corrected chi connectivity index (χ4v) is 2.90. The van der Waals surface area contributed by atoms with Gasteiger partial charge in [-0.05, 0) is 44.0 Å². The molecule has 2 atom stereocenters. The van der Waals surface area contributed by atoms with Gasteiger partial charge in [0.2, 0.25) is 5.95 Å². The number of benzene rings is 1. The molecule has 5 heteroatoms. The highest BCUT2D eigenvalue weighted by Gasteiger charge is 2.34. The van der Waals surface area contributed by atoms with E-state index in [1.54, 1.807) is 6.07 Å². The Hall–Kier alpha value is -2.01. The number of aliphatic hydroxyl groups is 1.